The number of nitrogens with two attached hydrogens (primary N) is 1. The molecule has 1 unspecified atom stereocenters. The van der Waals surface area contributed by atoms with E-state index in [4.69, 9.17) is 5.73 Å². The maximum absolute atomic E-state index is 5.95. The molecule has 0 heterocycles. The van der Waals surface area contributed by atoms with Crippen molar-refractivity contribution >= 4 is 0 Å². The summed E-state index contributed by atoms with van der Waals surface area (Å²) in [5, 5.41) is 3.78. The highest BCUT2D eigenvalue weighted by Crippen LogP contribution is 2.26. The van der Waals surface area contributed by atoms with Gasteiger partial charge in [0.1, 0.15) is 0 Å². The Bertz CT molecular complexity index is 209. The van der Waals surface area contributed by atoms with Gasteiger partial charge >= 0.3 is 0 Å². The van der Waals surface area contributed by atoms with Gasteiger partial charge in [-0.3, -0.25) is 0 Å². The predicted molar refractivity (Wildman–Crippen MR) is 69.3 cm³/mol. The zero-order valence-electron chi connectivity index (χ0n) is 10.3. The molecular formula is C14H26N2. The SMILES string of the molecule is NCC(NC1CC=CC1)C1CCCCCC1. The van der Waals surface area contributed by atoms with Crippen molar-refractivity contribution in [2.75, 3.05) is 6.54 Å². The Kier molecular flexibility index (Phi) is 4.86. The molecule has 0 bridgehead atoms. The fraction of sp³-hybridized carbons (Fsp3) is 0.857. The lowest BCUT2D eigenvalue weighted by Crippen LogP contribution is -2.46. The van der Waals surface area contributed by atoms with Gasteiger partial charge in [0.25, 0.3) is 0 Å². The number of rotatable bonds is 4. The van der Waals surface area contributed by atoms with Crippen LogP contribution in [0.2, 0.25) is 0 Å². The van der Waals surface area contributed by atoms with Crippen LogP contribution in [0.5, 0.6) is 0 Å². The average Bonchev–Trinajstić information content (AvgIpc) is 2.67. The van der Waals surface area contributed by atoms with Crippen molar-refractivity contribution in [3.8, 4) is 0 Å². The Morgan fingerprint density at radius 2 is 1.69 bits per heavy atom. The lowest BCUT2D eigenvalue weighted by molar-refractivity contribution is 0.299. The van der Waals surface area contributed by atoms with Gasteiger partial charge in [0.15, 0.2) is 0 Å². The van der Waals surface area contributed by atoms with E-state index in [2.05, 4.69) is 17.5 Å². The predicted octanol–water partition coefficient (Wildman–Crippen LogP) is 2.59. The zero-order valence-corrected chi connectivity index (χ0v) is 10.3. The molecule has 92 valence electrons. The summed E-state index contributed by atoms with van der Waals surface area (Å²) in [6.45, 7) is 0.807. The summed E-state index contributed by atoms with van der Waals surface area (Å²) in [5.41, 5.74) is 5.95. The maximum atomic E-state index is 5.95. The second kappa shape index (κ2) is 6.41. The molecule has 2 aliphatic rings. The fourth-order valence-corrected chi connectivity index (χ4v) is 3.17. The third-order valence-electron chi connectivity index (χ3n) is 4.18. The molecule has 2 nitrogen and oxygen atoms in total. The van der Waals surface area contributed by atoms with Crippen LogP contribution in [-0.4, -0.2) is 18.6 Å². The van der Waals surface area contributed by atoms with Gasteiger partial charge in [-0.15, -0.1) is 0 Å². The van der Waals surface area contributed by atoms with Gasteiger partial charge in [-0.2, -0.15) is 0 Å². The third-order valence-corrected chi connectivity index (χ3v) is 4.18. The summed E-state index contributed by atoms with van der Waals surface area (Å²) in [5.74, 6) is 0.827. The number of hydrogen-bond acceptors (Lipinski definition) is 2. The van der Waals surface area contributed by atoms with Crippen LogP contribution in [0.4, 0.5) is 0 Å². The Morgan fingerprint density at radius 3 is 2.25 bits per heavy atom. The molecule has 1 saturated carbocycles. The van der Waals surface area contributed by atoms with E-state index >= 15 is 0 Å². The first kappa shape index (κ1) is 12.1. The Balaban J connectivity index is 1.82. The molecule has 0 radical (unpaired) electrons. The average molecular weight is 222 g/mol. The van der Waals surface area contributed by atoms with Crippen LogP contribution in [0.1, 0.15) is 51.4 Å². The van der Waals surface area contributed by atoms with E-state index in [1.165, 1.54) is 51.4 Å². The zero-order chi connectivity index (χ0) is 11.2. The van der Waals surface area contributed by atoms with Crippen molar-refractivity contribution in [3.63, 3.8) is 0 Å². The van der Waals surface area contributed by atoms with Crippen molar-refractivity contribution in [1.29, 1.82) is 0 Å². The smallest absolute Gasteiger partial charge is 0.0221 e. The Labute approximate surface area is 99.7 Å². The highest BCUT2D eigenvalue weighted by Gasteiger charge is 2.24. The molecule has 16 heavy (non-hydrogen) atoms. The number of hydrogen-bond donors (Lipinski definition) is 2. The molecule has 0 aromatic heterocycles. The lowest BCUT2D eigenvalue weighted by atomic mass is 9.91. The molecule has 3 N–H and O–H groups in total. The van der Waals surface area contributed by atoms with Crippen LogP contribution < -0.4 is 11.1 Å². The van der Waals surface area contributed by atoms with Gasteiger partial charge in [-0.05, 0) is 31.6 Å². The minimum absolute atomic E-state index is 0.558. The quantitative estimate of drug-likeness (QED) is 0.567. The Hall–Kier alpha value is -0.340. The van der Waals surface area contributed by atoms with E-state index in [1.807, 2.05) is 0 Å². The van der Waals surface area contributed by atoms with E-state index < -0.39 is 0 Å². The van der Waals surface area contributed by atoms with Crippen molar-refractivity contribution in [3.05, 3.63) is 12.2 Å². The minimum Gasteiger partial charge on any atom is -0.329 e. The van der Waals surface area contributed by atoms with Crippen molar-refractivity contribution in [1.82, 2.24) is 5.32 Å². The first-order valence-corrected chi connectivity index (χ1v) is 7.01. The molecule has 2 rings (SSSR count). The van der Waals surface area contributed by atoms with E-state index in [-0.39, 0.29) is 0 Å². The molecular weight excluding hydrogens is 196 g/mol. The summed E-state index contributed by atoms with van der Waals surface area (Å²) < 4.78 is 0. The van der Waals surface area contributed by atoms with Crippen LogP contribution in [0.3, 0.4) is 0 Å². The van der Waals surface area contributed by atoms with Crippen LogP contribution in [0, 0.1) is 5.92 Å². The molecule has 0 spiro atoms. The van der Waals surface area contributed by atoms with Crippen LogP contribution in [0.15, 0.2) is 12.2 Å². The highest BCUT2D eigenvalue weighted by molar-refractivity contribution is 4.99. The van der Waals surface area contributed by atoms with Gasteiger partial charge in [-0.1, -0.05) is 37.8 Å². The first-order chi connectivity index (χ1) is 7.90. The summed E-state index contributed by atoms with van der Waals surface area (Å²) in [4.78, 5) is 0. The standard InChI is InChI=1S/C14H26N2/c15-11-14(16-13-9-5-6-10-13)12-7-3-1-2-4-8-12/h5-6,12-14,16H,1-4,7-11,15H2. The molecule has 2 aliphatic carbocycles. The lowest BCUT2D eigenvalue weighted by Gasteiger charge is -2.29. The molecule has 0 aliphatic heterocycles. The van der Waals surface area contributed by atoms with E-state index in [1.54, 1.807) is 0 Å². The highest BCUT2D eigenvalue weighted by atomic mass is 15.0. The monoisotopic (exact) mass is 222 g/mol. The van der Waals surface area contributed by atoms with E-state index in [0.29, 0.717) is 12.1 Å². The molecule has 0 amide bonds. The third kappa shape index (κ3) is 3.33. The summed E-state index contributed by atoms with van der Waals surface area (Å²) in [6, 6.07) is 1.22. The van der Waals surface area contributed by atoms with Gasteiger partial charge in [-0.25, -0.2) is 0 Å². The van der Waals surface area contributed by atoms with Gasteiger partial charge in [0, 0.05) is 18.6 Å². The summed E-state index contributed by atoms with van der Waals surface area (Å²) >= 11 is 0. The van der Waals surface area contributed by atoms with Gasteiger partial charge < -0.3 is 11.1 Å². The summed E-state index contributed by atoms with van der Waals surface area (Å²) in [7, 11) is 0. The maximum Gasteiger partial charge on any atom is 0.0221 e. The van der Waals surface area contributed by atoms with E-state index in [9.17, 15) is 0 Å². The molecule has 1 fully saturated rings. The van der Waals surface area contributed by atoms with E-state index in [0.717, 1.165) is 12.5 Å². The van der Waals surface area contributed by atoms with Crippen LogP contribution in [-0.2, 0) is 0 Å². The topological polar surface area (TPSA) is 38.0 Å². The van der Waals surface area contributed by atoms with Crippen molar-refractivity contribution < 1.29 is 0 Å². The minimum atomic E-state index is 0.558. The van der Waals surface area contributed by atoms with Crippen molar-refractivity contribution in [2.45, 2.75) is 63.5 Å². The second-order valence-corrected chi connectivity index (χ2v) is 5.40. The molecule has 0 saturated heterocycles. The number of nitrogens with one attached hydrogen (secondary N) is 1. The summed E-state index contributed by atoms with van der Waals surface area (Å²) in [6.07, 6.45) is 15.4. The molecule has 0 aromatic carbocycles. The normalized spacial score (nSPS) is 25.8. The van der Waals surface area contributed by atoms with Gasteiger partial charge in [0.2, 0.25) is 0 Å². The van der Waals surface area contributed by atoms with Crippen LogP contribution >= 0.6 is 0 Å². The van der Waals surface area contributed by atoms with Gasteiger partial charge in [0.05, 0.1) is 0 Å². The molecule has 0 aromatic rings. The van der Waals surface area contributed by atoms with Crippen LogP contribution in [0.25, 0.3) is 0 Å². The largest absolute Gasteiger partial charge is 0.329 e. The first-order valence-electron chi connectivity index (χ1n) is 7.01. The molecule has 1 atom stereocenters. The van der Waals surface area contributed by atoms with Crippen molar-refractivity contribution in [2.24, 2.45) is 11.7 Å². The molecule has 2 heteroatoms. The Morgan fingerprint density at radius 1 is 1.06 bits per heavy atom. The fourth-order valence-electron chi connectivity index (χ4n) is 3.17. The second-order valence-electron chi connectivity index (χ2n) is 5.40.